The maximum absolute atomic E-state index is 10.8. The summed E-state index contributed by atoms with van der Waals surface area (Å²) in [5, 5.41) is 9.75. The van der Waals surface area contributed by atoms with Crippen LogP contribution in [0.2, 0.25) is 0 Å². The van der Waals surface area contributed by atoms with Gasteiger partial charge in [-0.3, -0.25) is 0 Å². The number of aliphatic carboxylic acids is 1. The van der Waals surface area contributed by atoms with Crippen LogP contribution < -0.4 is 11.5 Å². The van der Waals surface area contributed by atoms with Gasteiger partial charge in [-0.2, -0.15) is 0 Å². The zero-order valence-corrected chi connectivity index (χ0v) is 18.1. The molecule has 0 spiro atoms. The number of anilines is 1. The topological polar surface area (TPSA) is 139 Å². The van der Waals surface area contributed by atoms with E-state index in [9.17, 15) is 4.79 Å². The number of nitrogens with two attached hydrogens (primary N) is 2. The van der Waals surface area contributed by atoms with Gasteiger partial charge in [-0.25, -0.2) is 14.8 Å². The summed E-state index contributed by atoms with van der Waals surface area (Å²) in [5.41, 5.74) is 14.2. The fourth-order valence-electron chi connectivity index (χ4n) is 3.48. The lowest BCUT2D eigenvalue weighted by Gasteiger charge is -2.27. The molecule has 0 atom stereocenters. The summed E-state index contributed by atoms with van der Waals surface area (Å²) in [6, 6.07) is 5.55. The van der Waals surface area contributed by atoms with Crippen LogP contribution in [0, 0.1) is 0 Å². The van der Waals surface area contributed by atoms with E-state index in [0.717, 1.165) is 22.8 Å². The number of rotatable bonds is 10. The summed E-state index contributed by atoms with van der Waals surface area (Å²) >= 11 is 0. The van der Waals surface area contributed by atoms with Gasteiger partial charge < -0.3 is 30.6 Å². The SMILES string of the molecule is CCOCc1nc2c(N)nc3cc(C=CC(=O)O)ccc3c2n1CC(C)(C)OCCN. The number of ether oxygens (including phenoxy) is 2. The molecule has 0 saturated carbocycles. The number of carboxylic acid groups (broad SMARTS) is 1. The van der Waals surface area contributed by atoms with Crippen molar-refractivity contribution in [1.82, 2.24) is 14.5 Å². The molecular weight excluding hydrogens is 398 g/mol. The third kappa shape index (κ3) is 5.19. The Morgan fingerprint density at radius 2 is 2.10 bits per heavy atom. The molecule has 3 rings (SSSR count). The molecule has 0 saturated heterocycles. The Morgan fingerprint density at radius 3 is 2.77 bits per heavy atom. The quantitative estimate of drug-likeness (QED) is 0.420. The number of imidazole rings is 1. The van der Waals surface area contributed by atoms with Crippen molar-refractivity contribution in [1.29, 1.82) is 0 Å². The first-order valence-corrected chi connectivity index (χ1v) is 10.2. The summed E-state index contributed by atoms with van der Waals surface area (Å²) in [6.07, 6.45) is 2.61. The molecule has 2 heterocycles. The Kier molecular flexibility index (Phi) is 6.89. The van der Waals surface area contributed by atoms with E-state index in [2.05, 4.69) is 9.55 Å². The highest BCUT2D eigenvalue weighted by atomic mass is 16.5. The van der Waals surface area contributed by atoms with Gasteiger partial charge in [0.1, 0.15) is 17.9 Å². The number of fused-ring (bicyclic) bond motifs is 3. The van der Waals surface area contributed by atoms with Crippen molar-refractivity contribution in [3.8, 4) is 0 Å². The van der Waals surface area contributed by atoms with Crippen molar-refractivity contribution >= 4 is 39.8 Å². The molecule has 5 N–H and O–H groups in total. The molecule has 31 heavy (non-hydrogen) atoms. The van der Waals surface area contributed by atoms with E-state index in [1.165, 1.54) is 6.08 Å². The monoisotopic (exact) mass is 427 g/mol. The lowest BCUT2D eigenvalue weighted by atomic mass is 10.1. The van der Waals surface area contributed by atoms with Gasteiger partial charge >= 0.3 is 5.97 Å². The molecule has 0 aliphatic carbocycles. The maximum atomic E-state index is 10.8. The Labute approximate surface area is 180 Å². The first-order valence-electron chi connectivity index (χ1n) is 10.2. The Morgan fingerprint density at radius 1 is 1.32 bits per heavy atom. The third-order valence-electron chi connectivity index (χ3n) is 4.81. The zero-order chi connectivity index (χ0) is 22.6. The predicted octanol–water partition coefficient (Wildman–Crippen LogP) is 2.55. The van der Waals surface area contributed by atoms with Gasteiger partial charge in [0.15, 0.2) is 5.82 Å². The van der Waals surface area contributed by atoms with Gasteiger partial charge in [-0.05, 0) is 38.5 Å². The van der Waals surface area contributed by atoms with E-state index in [1.807, 2.05) is 32.9 Å². The highest BCUT2D eigenvalue weighted by Crippen LogP contribution is 2.31. The summed E-state index contributed by atoms with van der Waals surface area (Å²) in [4.78, 5) is 20.1. The lowest BCUT2D eigenvalue weighted by molar-refractivity contribution is -0.131. The average molecular weight is 428 g/mol. The second-order valence-corrected chi connectivity index (χ2v) is 7.79. The number of hydrogen-bond acceptors (Lipinski definition) is 7. The molecule has 166 valence electrons. The Hall–Kier alpha value is -3.01. The molecule has 2 aromatic heterocycles. The molecule has 9 nitrogen and oxygen atoms in total. The van der Waals surface area contributed by atoms with E-state index in [-0.39, 0.29) is 0 Å². The second-order valence-electron chi connectivity index (χ2n) is 7.79. The van der Waals surface area contributed by atoms with Crippen molar-refractivity contribution in [3.05, 3.63) is 35.7 Å². The molecule has 0 aliphatic heterocycles. The highest BCUT2D eigenvalue weighted by molar-refractivity contribution is 6.07. The number of aromatic nitrogens is 3. The summed E-state index contributed by atoms with van der Waals surface area (Å²) in [6.45, 7) is 8.23. The zero-order valence-electron chi connectivity index (χ0n) is 18.1. The molecule has 0 bridgehead atoms. The standard InChI is InChI=1S/C22H29N5O4/c1-4-30-12-17-26-19-20(27(17)13-22(2,3)31-10-9-23)15-7-5-14(6-8-18(28)29)11-16(15)25-21(19)24/h5-8,11H,4,9-10,12-13,23H2,1-3H3,(H2,24,25)(H,28,29). The number of pyridine rings is 1. The average Bonchev–Trinajstić information content (AvgIpc) is 3.07. The van der Waals surface area contributed by atoms with E-state index in [0.29, 0.717) is 55.3 Å². The van der Waals surface area contributed by atoms with Crippen LogP contribution in [0.15, 0.2) is 24.3 Å². The smallest absolute Gasteiger partial charge is 0.328 e. The largest absolute Gasteiger partial charge is 0.478 e. The number of hydrogen-bond donors (Lipinski definition) is 3. The van der Waals surface area contributed by atoms with Crippen LogP contribution in [0.1, 0.15) is 32.2 Å². The number of benzene rings is 1. The molecule has 0 unspecified atom stereocenters. The van der Waals surface area contributed by atoms with Crippen molar-refractivity contribution < 1.29 is 19.4 Å². The van der Waals surface area contributed by atoms with Crippen LogP contribution in [0.25, 0.3) is 28.0 Å². The minimum atomic E-state index is -1.01. The normalized spacial score (nSPS) is 12.4. The number of carboxylic acids is 1. The predicted molar refractivity (Wildman–Crippen MR) is 121 cm³/mol. The van der Waals surface area contributed by atoms with Crippen molar-refractivity contribution in [2.75, 3.05) is 25.5 Å². The molecule has 0 fully saturated rings. The number of nitrogens with zero attached hydrogens (tertiary/aromatic N) is 3. The van der Waals surface area contributed by atoms with E-state index >= 15 is 0 Å². The van der Waals surface area contributed by atoms with E-state index in [1.54, 1.807) is 6.07 Å². The van der Waals surface area contributed by atoms with Crippen LogP contribution in [0.5, 0.6) is 0 Å². The summed E-state index contributed by atoms with van der Waals surface area (Å²) < 4.78 is 13.7. The minimum absolute atomic E-state index is 0.305. The minimum Gasteiger partial charge on any atom is -0.478 e. The highest BCUT2D eigenvalue weighted by Gasteiger charge is 2.25. The number of carbonyl (C=O) groups is 1. The first-order chi connectivity index (χ1) is 14.8. The van der Waals surface area contributed by atoms with Crippen molar-refractivity contribution in [2.24, 2.45) is 5.73 Å². The van der Waals surface area contributed by atoms with Crippen LogP contribution in [-0.2, 0) is 27.4 Å². The molecule has 1 aromatic carbocycles. The summed E-state index contributed by atoms with van der Waals surface area (Å²) in [5.74, 6) is 0.0255. The Bertz CT molecular complexity index is 1120. The Balaban J connectivity index is 2.19. The third-order valence-corrected chi connectivity index (χ3v) is 4.81. The molecule has 0 aliphatic rings. The first kappa shape index (κ1) is 22.7. The fraction of sp³-hybridized carbons (Fsp3) is 0.409. The molecule has 3 aromatic rings. The number of nitrogen functional groups attached to an aromatic ring is 1. The van der Waals surface area contributed by atoms with Gasteiger partial charge in [-0.15, -0.1) is 0 Å². The van der Waals surface area contributed by atoms with Crippen molar-refractivity contribution in [3.63, 3.8) is 0 Å². The second kappa shape index (κ2) is 9.42. The van der Waals surface area contributed by atoms with Crippen LogP contribution in [0.3, 0.4) is 0 Å². The molecule has 9 heteroatoms. The molecular formula is C22H29N5O4. The van der Waals surface area contributed by atoms with Crippen LogP contribution in [-0.4, -0.2) is 51.0 Å². The van der Waals surface area contributed by atoms with Crippen molar-refractivity contribution in [2.45, 2.75) is 39.5 Å². The van der Waals surface area contributed by atoms with Gasteiger partial charge in [-0.1, -0.05) is 12.1 Å². The van der Waals surface area contributed by atoms with E-state index in [4.69, 9.17) is 31.0 Å². The van der Waals surface area contributed by atoms with E-state index < -0.39 is 11.6 Å². The summed E-state index contributed by atoms with van der Waals surface area (Å²) in [7, 11) is 0. The molecule has 0 amide bonds. The lowest BCUT2D eigenvalue weighted by Crippen LogP contribution is -2.33. The van der Waals surface area contributed by atoms with Gasteiger partial charge in [0, 0.05) is 24.6 Å². The fourth-order valence-corrected chi connectivity index (χ4v) is 3.48. The van der Waals surface area contributed by atoms with Gasteiger partial charge in [0.25, 0.3) is 0 Å². The van der Waals surface area contributed by atoms with Crippen LogP contribution >= 0.6 is 0 Å². The molecule has 0 radical (unpaired) electrons. The maximum Gasteiger partial charge on any atom is 0.328 e. The van der Waals surface area contributed by atoms with Gasteiger partial charge in [0.2, 0.25) is 0 Å². The van der Waals surface area contributed by atoms with Gasteiger partial charge in [0.05, 0.1) is 29.8 Å². The van der Waals surface area contributed by atoms with Crippen LogP contribution in [0.4, 0.5) is 5.82 Å².